The Morgan fingerprint density at radius 1 is 1.36 bits per heavy atom. The predicted molar refractivity (Wildman–Crippen MR) is 127 cm³/mol. The molecule has 174 valence electrons. The van der Waals surface area contributed by atoms with Crippen LogP contribution in [0.3, 0.4) is 0 Å². The summed E-state index contributed by atoms with van der Waals surface area (Å²) < 4.78 is 13.9. The van der Waals surface area contributed by atoms with Gasteiger partial charge in [0.05, 0.1) is 11.6 Å². The van der Waals surface area contributed by atoms with Gasteiger partial charge in [-0.25, -0.2) is 19.6 Å². The summed E-state index contributed by atoms with van der Waals surface area (Å²) in [5.41, 5.74) is 7.91. The number of aliphatic imine (C=N–C) groups is 1. The first-order valence-corrected chi connectivity index (χ1v) is 11.3. The average molecular weight is 451 g/mol. The number of hydrogen-bond acceptors (Lipinski definition) is 8. The van der Waals surface area contributed by atoms with Gasteiger partial charge in [0.25, 0.3) is 0 Å². The lowest BCUT2D eigenvalue weighted by Gasteiger charge is -2.23. The third-order valence-electron chi connectivity index (χ3n) is 5.31. The maximum Gasteiger partial charge on any atom is 0.182 e. The van der Waals surface area contributed by atoms with E-state index in [1.165, 1.54) is 6.20 Å². The Morgan fingerprint density at radius 2 is 2.24 bits per heavy atom. The molecule has 9 heteroatoms. The lowest BCUT2D eigenvalue weighted by molar-refractivity contribution is -0.0365. The van der Waals surface area contributed by atoms with Crippen LogP contribution in [0.5, 0.6) is 5.75 Å². The predicted octanol–water partition coefficient (Wildman–Crippen LogP) is 3.91. The number of aliphatic hydroxyl groups is 1. The summed E-state index contributed by atoms with van der Waals surface area (Å²) in [4.78, 5) is 13.5. The van der Waals surface area contributed by atoms with Crippen LogP contribution in [0.2, 0.25) is 0 Å². The lowest BCUT2D eigenvalue weighted by Crippen LogP contribution is -2.19. The van der Waals surface area contributed by atoms with E-state index in [1.807, 2.05) is 36.7 Å². The molecule has 0 saturated carbocycles. The molecule has 0 radical (unpaired) electrons. The van der Waals surface area contributed by atoms with Crippen LogP contribution in [-0.4, -0.2) is 50.4 Å². The van der Waals surface area contributed by atoms with E-state index in [0.717, 1.165) is 48.1 Å². The molecule has 1 atom stereocenters. The van der Waals surface area contributed by atoms with Crippen molar-refractivity contribution in [2.45, 2.75) is 51.9 Å². The van der Waals surface area contributed by atoms with Crippen LogP contribution in [0.25, 0.3) is 22.4 Å². The van der Waals surface area contributed by atoms with Crippen molar-refractivity contribution in [1.82, 2.24) is 19.7 Å². The Morgan fingerprint density at radius 3 is 2.97 bits per heavy atom. The van der Waals surface area contributed by atoms with E-state index in [9.17, 15) is 0 Å². The van der Waals surface area contributed by atoms with Gasteiger partial charge in [0.2, 0.25) is 0 Å². The Balaban J connectivity index is 1.76. The van der Waals surface area contributed by atoms with Crippen molar-refractivity contribution < 1.29 is 14.6 Å². The van der Waals surface area contributed by atoms with Gasteiger partial charge in [0.15, 0.2) is 17.9 Å². The van der Waals surface area contributed by atoms with Crippen LogP contribution >= 0.6 is 0 Å². The van der Waals surface area contributed by atoms with E-state index in [-0.39, 0.29) is 18.9 Å². The zero-order chi connectivity index (χ0) is 23.2. The number of nitrogens with zero attached hydrogens (tertiary/aromatic N) is 5. The van der Waals surface area contributed by atoms with Crippen LogP contribution in [0.4, 0.5) is 5.82 Å². The molecule has 9 nitrogen and oxygen atoms in total. The lowest BCUT2D eigenvalue weighted by atomic mass is 10.1. The van der Waals surface area contributed by atoms with E-state index in [1.54, 1.807) is 18.5 Å². The number of benzene rings is 1. The molecular weight excluding hydrogens is 420 g/mol. The number of fused-ring (bicyclic) bond motifs is 1. The van der Waals surface area contributed by atoms with Gasteiger partial charge in [0.1, 0.15) is 11.4 Å². The number of aliphatic hydroxyl groups excluding tert-OH is 1. The first kappa shape index (κ1) is 22.9. The summed E-state index contributed by atoms with van der Waals surface area (Å²) in [6.07, 6.45) is 8.11. The first-order valence-electron chi connectivity index (χ1n) is 11.3. The monoisotopic (exact) mass is 450 g/mol. The molecule has 33 heavy (non-hydrogen) atoms. The van der Waals surface area contributed by atoms with Crippen LogP contribution < -0.4 is 10.5 Å². The molecule has 0 spiro atoms. The van der Waals surface area contributed by atoms with Crippen LogP contribution in [0.1, 0.15) is 45.8 Å². The molecule has 4 rings (SSSR count). The maximum absolute atomic E-state index is 9.13. The van der Waals surface area contributed by atoms with E-state index in [2.05, 4.69) is 15.0 Å². The van der Waals surface area contributed by atoms with Crippen LogP contribution in [0.15, 0.2) is 47.2 Å². The van der Waals surface area contributed by atoms with Gasteiger partial charge < -0.3 is 20.3 Å². The Hall–Kier alpha value is -3.30. The zero-order valence-corrected chi connectivity index (χ0v) is 19.0. The summed E-state index contributed by atoms with van der Waals surface area (Å²) >= 11 is 0. The van der Waals surface area contributed by atoms with Gasteiger partial charge in [-0.2, -0.15) is 5.10 Å². The summed E-state index contributed by atoms with van der Waals surface area (Å²) in [6.45, 7) is 4.71. The molecule has 1 aliphatic heterocycles. The van der Waals surface area contributed by atoms with E-state index < -0.39 is 0 Å². The molecule has 2 aromatic heterocycles. The van der Waals surface area contributed by atoms with Gasteiger partial charge in [0, 0.05) is 37.1 Å². The molecular formula is C24H30N6O3. The molecule has 3 aromatic rings. The van der Waals surface area contributed by atoms with Crippen molar-refractivity contribution in [2.75, 3.05) is 13.2 Å². The number of aromatic nitrogens is 4. The minimum atomic E-state index is -0.121. The molecule has 1 aromatic carbocycles. The zero-order valence-electron chi connectivity index (χ0n) is 19.0. The smallest absolute Gasteiger partial charge is 0.182 e. The molecule has 3 N–H and O–H groups in total. The Bertz CT molecular complexity index is 1150. The van der Waals surface area contributed by atoms with Crippen molar-refractivity contribution in [3.05, 3.63) is 42.2 Å². The van der Waals surface area contributed by atoms with Crippen molar-refractivity contribution in [1.29, 1.82) is 0 Å². The molecule has 1 unspecified atom stereocenters. The van der Waals surface area contributed by atoms with Crippen LogP contribution in [0, 0.1) is 0 Å². The fraction of sp³-hybridized carbons (Fsp3) is 0.417. The van der Waals surface area contributed by atoms with Gasteiger partial charge in [-0.15, -0.1) is 0 Å². The van der Waals surface area contributed by atoms with Gasteiger partial charge >= 0.3 is 0 Å². The average Bonchev–Trinajstić information content (AvgIpc) is 3.21. The molecule has 1 saturated heterocycles. The second-order valence-corrected chi connectivity index (χ2v) is 8.17. The molecule has 3 heterocycles. The van der Waals surface area contributed by atoms with Gasteiger partial charge in [-0.05, 0) is 69.5 Å². The summed E-state index contributed by atoms with van der Waals surface area (Å²) in [6, 6.07) is 7.66. The maximum atomic E-state index is 9.13. The molecule has 0 bridgehead atoms. The molecule has 0 amide bonds. The Labute approximate surface area is 193 Å². The van der Waals surface area contributed by atoms with Gasteiger partial charge in [-0.3, -0.25) is 0 Å². The quantitative estimate of drug-likeness (QED) is 0.499. The fourth-order valence-corrected chi connectivity index (χ4v) is 3.77. The fourth-order valence-electron chi connectivity index (χ4n) is 3.77. The number of ether oxygens (including phenoxy) is 2. The minimum Gasteiger partial charge on any atom is -0.491 e. The van der Waals surface area contributed by atoms with E-state index >= 15 is 0 Å². The number of rotatable bonds is 8. The molecule has 1 aliphatic rings. The first-order chi connectivity index (χ1) is 16.1. The van der Waals surface area contributed by atoms with E-state index in [0.29, 0.717) is 23.8 Å². The standard InChI is InChI=1S/C24H30N6O3/c1-16(2)33-18-6-7-20-19(13-18)23(29-30(20)22-5-3-4-12-32-22)24-26-10-8-21(28-24)27-15-17(14-25)9-11-31/h6-8,10,13-16,22,31H,3-5,9,11-12,25H2,1-2H3. The highest BCUT2D eigenvalue weighted by atomic mass is 16.5. The van der Waals surface area contributed by atoms with Crippen molar-refractivity contribution in [3.8, 4) is 17.3 Å². The highest BCUT2D eigenvalue weighted by Gasteiger charge is 2.23. The molecule has 1 fully saturated rings. The van der Waals surface area contributed by atoms with Crippen molar-refractivity contribution in [2.24, 2.45) is 10.7 Å². The summed E-state index contributed by atoms with van der Waals surface area (Å²) in [7, 11) is 0. The van der Waals surface area contributed by atoms with Crippen LogP contribution in [-0.2, 0) is 4.74 Å². The van der Waals surface area contributed by atoms with Crippen molar-refractivity contribution >= 4 is 22.9 Å². The second kappa shape index (κ2) is 10.5. The van der Waals surface area contributed by atoms with E-state index in [4.69, 9.17) is 25.4 Å². The summed E-state index contributed by atoms with van der Waals surface area (Å²) in [5, 5.41) is 14.9. The largest absolute Gasteiger partial charge is 0.491 e. The third kappa shape index (κ3) is 5.37. The molecule has 0 aliphatic carbocycles. The normalized spacial score (nSPS) is 17.3. The minimum absolute atomic E-state index is 0.00246. The van der Waals surface area contributed by atoms with Crippen molar-refractivity contribution in [3.63, 3.8) is 0 Å². The summed E-state index contributed by atoms with van der Waals surface area (Å²) in [5.74, 6) is 1.70. The number of hydrogen-bond donors (Lipinski definition) is 2. The SMILES string of the molecule is CC(C)Oc1ccc2c(c1)c(-c1nccc(N=CC(=CN)CCO)n1)nn2C1CCCCO1. The van der Waals surface area contributed by atoms with Gasteiger partial charge in [-0.1, -0.05) is 0 Å². The third-order valence-corrected chi connectivity index (χ3v) is 5.31. The topological polar surface area (TPSA) is 121 Å². The second-order valence-electron chi connectivity index (χ2n) is 8.17. The number of nitrogens with two attached hydrogens (primary N) is 1. The highest BCUT2D eigenvalue weighted by Crippen LogP contribution is 2.34. The Kier molecular flexibility index (Phi) is 7.31. The highest BCUT2D eigenvalue weighted by molar-refractivity contribution is 5.93.